The number of hydrogen-bond acceptors (Lipinski definition) is 11. The van der Waals surface area contributed by atoms with Crippen LogP contribution >= 0.6 is 22.7 Å². The first-order valence-corrected chi connectivity index (χ1v) is 18.4. The van der Waals surface area contributed by atoms with Crippen LogP contribution < -0.4 is 5.32 Å². The zero-order valence-corrected chi connectivity index (χ0v) is 29.4. The summed E-state index contributed by atoms with van der Waals surface area (Å²) in [6, 6.07) is 17.7. The largest absolute Gasteiger partial charge is 0.462 e. The second kappa shape index (κ2) is 21.0. The van der Waals surface area contributed by atoms with E-state index in [1.165, 1.54) is 74.0 Å². The minimum Gasteiger partial charge on any atom is -0.462 e. The van der Waals surface area contributed by atoms with E-state index in [0.29, 0.717) is 18.2 Å². The third-order valence-corrected chi connectivity index (χ3v) is 9.48. The van der Waals surface area contributed by atoms with Crippen molar-refractivity contribution in [2.75, 3.05) is 25.1 Å². The molecule has 0 aliphatic rings. The Morgan fingerprint density at radius 3 is 2.15 bits per heavy atom. The number of carbonyl (C=O) groups excluding carboxylic acids is 1. The van der Waals surface area contributed by atoms with Crippen molar-refractivity contribution in [2.45, 2.75) is 77.2 Å². The van der Waals surface area contributed by atoms with Crippen molar-refractivity contribution in [1.82, 2.24) is 4.98 Å². The topological polar surface area (TPSA) is 110 Å². The molecule has 254 valence electrons. The lowest BCUT2D eigenvalue weighted by atomic mass is 10.1. The fourth-order valence-electron chi connectivity index (χ4n) is 4.75. The minimum atomic E-state index is -0.416. The molecule has 0 bridgehead atoms. The summed E-state index contributed by atoms with van der Waals surface area (Å²) in [5, 5.41) is 22.3. The summed E-state index contributed by atoms with van der Waals surface area (Å²) < 4.78 is 11.7. The van der Waals surface area contributed by atoms with Crippen LogP contribution in [0.15, 0.2) is 100 Å². The number of ether oxygens (including phenoxy) is 2. The maximum atomic E-state index is 11.2. The summed E-state index contributed by atoms with van der Waals surface area (Å²) in [6.07, 6.45) is 15.2. The number of thiophene rings is 1. The van der Waals surface area contributed by atoms with Gasteiger partial charge in [-0.1, -0.05) is 92.4 Å². The fourth-order valence-corrected chi connectivity index (χ4v) is 6.60. The number of carbonyl (C=O) groups is 1. The normalized spacial score (nSPS) is 12.2. The van der Waals surface area contributed by atoms with Gasteiger partial charge in [-0.2, -0.15) is 0 Å². The lowest BCUT2D eigenvalue weighted by Crippen LogP contribution is -2.05. The zero-order chi connectivity index (χ0) is 33.8. The van der Waals surface area contributed by atoms with Gasteiger partial charge in [0.25, 0.3) is 0 Å². The Morgan fingerprint density at radius 2 is 1.48 bits per heavy atom. The number of aromatic nitrogens is 1. The Balaban J connectivity index is 1.09. The lowest BCUT2D eigenvalue weighted by molar-refractivity contribution is -0.137. The van der Waals surface area contributed by atoms with Crippen molar-refractivity contribution < 1.29 is 14.3 Å². The third-order valence-electron chi connectivity index (χ3n) is 7.55. The van der Waals surface area contributed by atoms with Crippen LogP contribution in [-0.2, 0) is 20.7 Å². The van der Waals surface area contributed by atoms with Gasteiger partial charge in [0.2, 0.25) is 5.13 Å². The molecule has 2 aromatic carbocycles. The maximum Gasteiger partial charge on any atom is 0.330 e. The van der Waals surface area contributed by atoms with Gasteiger partial charge in [0.1, 0.15) is 9.83 Å². The Morgan fingerprint density at radius 1 is 0.833 bits per heavy atom. The molecule has 0 saturated carbocycles. The molecule has 11 heteroatoms. The molecule has 0 amide bonds. The molecule has 1 N–H and O–H groups in total. The zero-order valence-electron chi connectivity index (χ0n) is 27.8. The number of benzene rings is 2. The van der Waals surface area contributed by atoms with Crippen molar-refractivity contribution >= 4 is 65.4 Å². The molecular weight excluding hydrogens is 641 g/mol. The predicted molar refractivity (Wildman–Crippen MR) is 199 cm³/mol. The standard InChI is InChI=1S/C37H46N6O3S2/c1-4-28(3)45-25-14-12-10-8-6-7-9-11-13-24-38-30-19-21-32(22-20-30)41-43-37-39-36-33(47-37)27-34(48-36)42-40-31-17-15-29(16-18-31)23-26-46-35(44)5-2/h4-5,15-22,27-28,38H,1-2,6-14,23-26H2,3H3. The summed E-state index contributed by atoms with van der Waals surface area (Å²) in [5.41, 5.74) is 3.68. The number of fused-ring (bicyclic) bond motifs is 1. The van der Waals surface area contributed by atoms with Crippen molar-refractivity contribution in [3.8, 4) is 0 Å². The number of esters is 1. The Bertz CT molecular complexity index is 1580. The first kappa shape index (κ1) is 36.8. The van der Waals surface area contributed by atoms with Crippen LogP contribution in [0.1, 0.15) is 70.3 Å². The van der Waals surface area contributed by atoms with Gasteiger partial charge in [-0.05, 0) is 67.8 Å². The molecule has 0 saturated heterocycles. The number of unbranched alkanes of at least 4 members (excludes halogenated alkanes) is 8. The highest BCUT2D eigenvalue weighted by Crippen LogP contribution is 2.39. The molecule has 1 atom stereocenters. The van der Waals surface area contributed by atoms with Gasteiger partial charge in [0.15, 0.2) is 0 Å². The van der Waals surface area contributed by atoms with Crippen molar-refractivity contribution in [3.05, 3.63) is 85.5 Å². The van der Waals surface area contributed by atoms with Crippen LogP contribution in [0.4, 0.5) is 27.2 Å². The van der Waals surface area contributed by atoms with Crippen LogP contribution in [0.25, 0.3) is 9.53 Å². The fraction of sp³-hybridized carbons (Fsp3) is 0.405. The van der Waals surface area contributed by atoms with E-state index in [1.54, 1.807) is 0 Å². The van der Waals surface area contributed by atoms with E-state index >= 15 is 0 Å². The molecule has 2 heterocycles. The highest BCUT2D eigenvalue weighted by molar-refractivity contribution is 7.30. The first-order chi connectivity index (χ1) is 23.5. The third kappa shape index (κ3) is 13.6. The van der Waals surface area contributed by atoms with Gasteiger partial charge in [-0.3, -0.25) is 0 Å². The smallest absolute Gasteiger partial charge is 0.330 e. The summed E-state index contributed by atoms with van der Waals surface area (Å²) >= 11 is 2.94. The van der Waals surface area contributed by atoms with Gasteiger partial charge in [0.05, 0.1) is 28.8 Å². The number of nitrogens with zero attached hydrogens (tertiary/aromatic N) is 5. The van der Waals surface area contributed by atoms with E-state index in [-0.39, 0.29) is 6.10 Å². The average Bonchev–Trinajstić information content (AvgIpc) is 3.68. The molecule has 48 heavy (non-hydrogen) atoms. The number of hydrogen-bond donors (Lipinski definition) is 1. The molecular formula is C37H46N6O3S2. The molecule has 4 aromatic rings. The molecule has 1 unspecified atom stereocenters. The van der Waals surface area contributed by atoms with E-state index in [9.17, 15) is 4.79 Å². The lowest BCUT2D eigenvalue weighted by Gasteiger charge is -2.08. The van der Waals surface area contributed by atoms with Gasteiger partial charge in [-0.15, -0.1) is 27.0 Å². The average molecular weight is 687 g/mol. The van der Waals surface area contributed by atoms with Crippen LogP contribution in [0.2, 0.25) is 0 Å². The number of azo groups is 2. The Labute approximate surface area is 291 Å². The summed E-state index contributed by atoms with van der Waals surface area (Å²) in [4.78, 5) is 16.6. The molecule has 0 spiro atoms. The second-order valence-electron chi connectivity index (χ2n) is 11.4. The Kier molecular flexibility index (Phi) is 16.1. The Hall–Kier alpha value is -4.06. The molecule has 2 aromatic heterocycles. The van der Waals surface area contributed by atoms with Crippen LogP contribution in [0, 0.1) is 0 Å². The van der Waals surface area contributed by atoms with Crippen molar-refractivity contribution in [3.63, 3.8) is 0 Å². The summed E-state index contributed by atoms with van der Waals surface area (Å²) in [7, 11) is 0. The highest BCUT2D eigenvalue weighted by Gasteiger charge is 2.08. The van der Waals surface area contributed by atoms with Crippen LogP contribution in [-0.4, -0.2) is 36.8 Å². The van der Waals surface area contributed by atoms with Gasteiger partial charge < -0.3 is 14.8 Å². The van der Waals surface area contributed by atoms with Gasteiger partial charge >= 0.3 is 5.97 Å². The predicted octanol–water partition coefficient (Wildman–Crippen LogP) is 12.0. The van der Waals surface area contributed by atoms with E-state index < -0.39 is 5.97 Å². The summed E-state index contributed by atoms with van der Waals surface area (Å²) in [5.74, 6) is -0.416. The number of nitrogens with one attached hydrogen (secondary N) is 1. The van der Waals surface area contributed by atoms with Gasteiger partial charge in [0, 0.05) is 31.3 Å². The van der Waals surface area contributed by atoms with E-state index in [1.807, 2.05) is 67.6 Å². The SMILES string of the molecule is C=CC(=O)OCCc1ccc(N=Nc2cc3sc(N=Nc4ccc(NCCCCCCCCCCCOC(C)C=C)cc4)nc3s2)cc1. The van der Waals surface area contributed by atoms with E-state index in [2.05, 4.69) is 43.9 Å². The summed E-state index contributed by atoms with van der Waals surface area (Å²) in [6.45, 7) is 11.3. The van der Waals surface area contributed by atoms with Crippen molar-refractivity contribution in [1.29, 1.82) is 0 Å². The number of rotatable bonds is 23. The quantitative estimate of drug-likeness (QED) is 0.0274. The van der Waals surface area contributed by atoms with E-state index in [0.717, 1.165) is 62.8 Å². The minimum absolute atomic E-state index is 0.166. The molecule has 0 aliphatic heterocycles. The highest BCUT2D eigenvalue weighted by atomic mass is 32.1. The van der Waals surface area contributed by atoms with E-state index in [4.69, 9.17) is 9.47 Å². The van der Waals surface area contributed by atoms with Crippen LogP contribution in [0.3, 0.4) is 0 Å². The number of thiazole rings is 1. The monoisotopic (exact) mass is 686 g/mol. The first-order valence-electron chi connectivity index (χ1n) is 16.7. The molecule has 0 fully saturated rings. The van der Waals surface area contributed by atoms with Crippen LogP contribution in [0.5, 0.6) is 0 Å². The molecule has 0 aliphatic carbocycles. The molecule has 4 rings (SSSR count). The second-order valence-corrected chi connectivity index (χ2v) is 13.4. The molecule has 9 nitrogen and oxygen atoms in total. The van der Waals surface area contributed by atoms with Crippen molar-refractivity contribution in [2.24, 2.45) is 20.5 Å². The molecule has 0 radical (unpaired) electrons. The number of anilines is 1. The maximum absolute atomic E-state index is 11.2. The van der Waals surface area contributed by atoms with Gasteiger partial charge in [-0.25, -0.2) is 9.78 Å².